The second-order valence-corrected chi connectivity index (χ2v) is 5.27. The lowest BCUT2D eigenvalue weighted by molar-refractivity contribution is 0.172. The fourth-order valence-electron chi connectivity index (χ4n) is 2.40. The average Bonchev–Trinajstić information content (AvgIpc) is 2.54. The van der Waals surface area contributed by atoms with E-state index in [1.807, 2.05) is 0 Å². The van der Waals surface area contributed by atoms with E-state index in [2.05, 4.69) is 15.0 Å². The van der Waals surface area contributed by atoms with Crippen molar-refractivity contribution in [2.45, 2.75) is 12.5 Å². The molecule has 0 saturated heterocycles. The highest BCUT2D eigenvalue weighted by Gasteiger charge is 2.18. The zero-order valence-corrected chi connectivity index (χ0v) is 12.5. The van der Waals surface area contributed by atoms with E-state index >= 15 is 0 Å². The van der Waals surface area contributed by atoms with Gasteiger partial charge in [0.25, 0.3) is 11.1 Å². The van der Waals surface area contributed by atoms with E-state index in [4.69, 9.17) is 0 Å². The smallest absolute Gasteiger partial charge is 0.329 e. The highest BCUT2D eigenvalue weighted by atomic mass is 19.1. The molecule has 1 aromatic carbocycles. The van der Waals surface area contributed by atoms with Gasteiger partial charge in [0.1, 0.15) is 17.2 Å². The van der Waals surface area contributed by atoms with Crippen LogP contribution >= 0.6 is 0 Å². The van der Waals surface area contributed by atoms with Gasteiger partial charge in [-0.05, 0) is 6.07 Å². The number of aromatic nitrogens is 4. The van der Waals surface area contributed by atoms with Gasteiger partial charge in [0.2, 0.25) is 0 Å². The Morgan fingerprint density at radius 3 is 2.62 bits per heavy atom. The van der Waals surface area contributed by atoms with Crippen molar-refractivity contribution in [2.75, 3.05) is 0 Å². The summed E-state index contributed by atoms with van der Waals surface area (Å²) >= 11 is 0. The molecule has 0 amide bonds. The number of aliphatic hydroxyl groups excluding tert-OH is 1. The van der Waals surface area contributed by atoms with E-state index < -0.39 is 28.7 Å². The maximum atomic E-state index is 13.7. The molecule has 24 heavy (non-hydrogen) atoms. The minimum atomic E-state index is -1.30. The van der Waals surface area contributed by atoms with Crippen LogP contribution in [0.25, 0.3) is 11.2 Å². The lowest BCUT2D eigenvalue weighted by Crippen LogP contribution is -2.32. The number of fused-ring (bicyclic) bond motifs is 1. The molecule has 0 radical (unpaired) electrons. The van der Waals surface area contributed by atoms with Gasteiger partial charge < -0.3 is 10.1 Å². The third kappa shape index (κ3) is 2.65. The molecule has 8 nitrogen and oxygen atoms in total. The number of benzene rings is 1. The van der Waals surface area contributed by atoms with Crippen molar-refractivity contribution in [3.05, 3.63) is 72.5 Å². The second kappa shape index (κ2) is 5.85. The molecule has 0 aliphatic carbocycles. The van der Waals surface area contributed by atoms with Gasteiger partial charge in [0, 0.05) is 19.0 Å². The summed E-state index contributed by atoms with van der Waals surface area (Å²) in [6.07, 6.45) is -1.59. The Hall–Kier alpha value is -3.07. The topological polar surface area (TPSA) is 121 Å². The van der Waals surface area contributed by atoms with Crippen LogP contribution in [0.1, 0.15) is 17.4 Å². The Morgan fingerprint density at radius 1 is 1.21 bits per heavy atom. The summed E-state index contributed by atoms with van der Waals surface area (Å²) in [6, 6.07) is 5.62. The zero-order valence-electron chi connectivity index (χ0n) is 12.5. The number of H-pyrrole nitrogens is 2. The van der Waals surface area contributed by atoms with Gasteiger partial charge in [-0.2, -0.15) is 0 Å². The third-order valence-corrected chi connectivity index (χ3v) is 3.69. The Kier molecular flexibility index (Phi) is 3.86. The molecule has 0 aliphatic rings. The van der Waals surface area contributed by atoms with Gasteiger partial charge in [0.05, 0.1) is 6.10 Å². The molecule has 3 rings (SSSR count). The molecule has 2 heterocycles. The molecular weight excluding hydrogens is 319 g/mol. The molecule has 0 aliphatic heterocycles. The van der Waals surface area contributed by atoms with E-state index in [1.165, 1.54) is 25.2 Å². The number of aromatic amines is 2. The number of rotatable bonds is 3. The summed E-state index contributed by atoms with van der Waals surface area (Å²) in [5.41, 5.74) is -2.41. The van der Waals surface area contributed by atoms with E-state index in [1.54, 1.807) is 6.07 Å². The predicted molar refractivity (Wildman–Crippen MR) is 83.3 cm³/mol. The Bertz CT molecular complexity index is 1100. The number of hydrogen-bond donors (Lipinski definition) is 3. The summed E-state index contributed by atoms with van der Waals surface area (Å²) < 4.78 is 14.7. The van der Waals surface area contributed by atoms with Crippen LogP contribution in [0, 0.1) is 5.82 Å². The predicted octanol–water partition coefficient (Wildman–Crippen LogP) is -0.275. The van der Waals surface area contributed by atoms with Gasteiger partial charge >= 0.3 is 5.69 Å². The first-order valence-corrected chi connectivity index (χ1v) is 7.03. The maximum Gasteiger partial charge on any atom is 0.329 e. The summed E-state index contributed by atoms with van der Waals surface area (Å²) in [4.78, 5) is 43.9. The summed E-state index contributed by atoms with van der Waals surface area (Å²) in [7, 11) is 1.37. The molecule has 1 unspecified atom stereocenters. The molecule has 9 heteroatoms. The minimum Gasteiger partial charge on any atom is -0.388 e. The van der Waals surface area contributed by atoms with Crippen LogP contribution in [-0.4, -0.2) is 24.6 Å². The van der Waals surface area contributed by atoms with Crippen molar-refractivity contribution >= 4 is 11.2 Å². The number of halogens is 1. The van der Waals surface area contributed by atoms with E-state index in [-0.39, 0.29) is 28.8 Å². The Labute approximate surface area is 133 Å². The summed E-state index contributed by atoms with van der Waals surface area (Å²) in [6.45, 7) is 0. The molecule has 0 saturated carbocycles. The quantitative estimate of drug-likeness (QED) is 0.609. The van der Waals surface area contributed by atoms with Crippen LogP contribution in [-0.2, 0) is 13.5 Å². The molecule has 3 N–H and O–H groups in total. The van der Waals surface area contributed by atoms with Crippen molar-refractivity contribution in [1.82, 2.24) is 19.5 Å². The van der Waals surface area contributed by atoms with E-state index in [9.17, 15) is 23.9 Å². The van der Waals surface area contributed by atoms with Gasteiger partial charge in [-0.3, -0.25) is 19.1 Å². The van der Waals surface area contributed by atoms with Crippen molar-refractivity contribution < 1.29 is 9.50 Å². The van der Waals surface area contributed by atoms with Crippen LogP contribution in [0.2, 0.25) is 0 Å². The zero-order chi connectivity index (χ0) is 17.4. The first kappa shape index (κ1) is 15.8. The number of nitrogens with zero attached hydrogens (tertiary/aromatic N) is 2. The molecule has 0 spiro atoms. The van der Waals surface area contributed by atoms with Crippen molar-refractivity contribution in [3.8, 4) is 0 Å². The molecule has 1 atom stereocenters. The third-order valence-electron chi connectivity index (χ3n) is 3.69. The van der Waals surface area contributed by atoms with Crippen LogP contribution < -0.4 is 16.8 Å². The molecule has 0 bridgehead atoms. The molecular formula is C15H13FN4O4. The average molecular weight is 332 g/mol. The summed E-state index contributed by atoms with van der Waals surface area (Å²) in [5.74, 6) is -0.609. The fraction of sp³-hybridized carbons (Fsp3) is 0.200. The molecule has 3 aromatic rings. The van der Waals surface area contributed by atoms with Gasteiger partial charge in [0.15, 0.2) is 5.52 Å². The SMILES string of the molecule is Cn1c(=O)[nH]c(=O)c2nc(CC(O)c3ccccc3F)c(=O)[nH]c21. The number of aliphatic hydroxyl groups is 1. The lowest BCUT2D eigenvalue weighted by Gasteiger charge is -2.11. The van der Waals surface area contributed by atoms with E-state index in [0.29, 0.717) is 0 Å². The van der Waals surface area contributed by atoms with E-state index in [0.717, 1.165) is 4.57 Å². The number of aryl methyl sites for hydroxylation is 1. The molecule has 2 aromatic heterocycles. The van der Waals surface area contributed by atoms with Crippen LogP contribution in [0.4, 0.5) is 4.39 Å². The number of nitrogens with one attached hydrogen (secondary N) is 2. The van der Waals surface area contributed by atoms with Crippen LogP contribution in [0.5, 0.6) is 0 Å². The molecule has 0 fully saturated rings. The monoisotopic (exact) mass is 332 g/mol. The van der Waals surface area contributed by atoms with Crippen molar-refractivity contribution in [3.63, 3.8) is 0 Å². The van der Waals surface area contributed by atoms with Gasteiger partial charge in [-0.1, -0.05) is 18.2 Å². The maximum absolute atomic E-state index is 13.7. The Morgan fingerprint density at radius 2 is 1.92 bits per heavy atom. The first-order valence-electron chi connectivity index (χ1n) is 7.03. The first-order chi connectivity index (χ1) is 11.4. The molecule has 124 valence electrons. The largest absolute Gasteiger partial charge is 0.388 e. The second-order valence-electron chi connectivity index (χ2n) is 5.27. The lowest BCUT2D eigenvalue weighted by atomic mass is 10.0. The Balaban J connectivity index is 2.10. The van der Waals surface area contributed by atoms with Crippen molar-refractivity contribution in [1.29, 1.82) is 0 Å². The normalized spacial score (nSPS) is 12.5. The standard InChI is InChI=1S/C15H13FN4O4/c1-20-12-11(14(23)19-15(20)24)17-9(13(22)18-12)6-10(21)7-4-2-3-5-8(7)16/h2-5,10,21H,6H2,1H3,(H,18,22)(H,19,23,24). The van der Waals surface area contributed by atoms with Crippen LogP contribution in [0.3, 0.4) is 0 Å². The summed E-state index contributed by atoms with van der Waals surface area (Å²) in [5, 5.41) is 10.1. The van der Waals surface area contributed by atoms with Crippen molar-refractivity contribution in [2.24, 2.45) is 7.05 Å². The fourth-order valence-corrected chi connectivity index (χ4v) is 2.40. The van der Waals surface area contributed by atoms with Gasteiger partial charge in [-0.25, -0.2) is 14.2 Å². The highest BCUT2D eigenvalue weighted by Crippen LogP contribution is 2.19. The van der Waals surface area contributed by atoms with Gasteiger partial charge in [-0.15, -0.1) is 0 Å². The highest BCUT2D eigenvalue weighted by molar-refractivity contribution is 5.68. The minimum absolute atomic E-state index is 0.0215. The van der Waals surface area contributed by atoms with Crippen LogP contribution in [0.15, 0.2) is 38.6 Å². The number of hydrogen-bond acceptors (Lipinski definition) is 5.